The first-order chi connectivity index (χ1) is 9.60. The number of nitrogens with one attached hydrogen (secondary N) is 1. The third-order valence-corrected chi connectivity index (χ3v) is 4.43. The van der Waals surface area contributed by atoms with Gasteiger partial charge in [0.05, 0.1) is 0 Å². The molecule has 1 aliphatic carbocycles. The summed E-state index contributed by atoms with van der Waals surface area (Å²) in [5.74, 6) is 0.709. The number of amides is 1. The molecule has 1 amide bonds. The van der Waals surface area contributed by atoms with Crippen molar-refractivity contribution in [2.24, 2.45) is 11.7 Å². The Labute approximate surface area is 134 Å². The molecule has 1 aromatic rings. The van der Waals surface area contributed by atoms with Gasteiger partial charge in [-0.25, -0.2) is 0 Å². The van der Waals surface area contributed by atoms with Crippen LogP contribution in [0.2, 0.25) is 0 Å². The quantitative estimate of drug-likeness (QED) is 0.894. The fraction of sp³-hybridized carbons (Fsp3) is 0.588. The van der Waals surface area contributed by atoms with Crippen molar-refractivity contribution in [1.82, 2.24) is 5.32 Å². The van der Waals surface area contributed by atoms with E-state index in [1.807, 2.05) is 31.2 Å². The van der Waals surface area contributed by atoms with Gasteiger partial charge in [-0.15, -0.1) is 12.4 Å². The monoisotopic (exact) mass is 310 g/mol. The predicted molar refractivity (Wildman–Crippen MR) is 89.5 cm³/mol. The number of benzene rings is 1. The number of carbonyl (C=O) groups excluding carboxylic acids is 1. The van der Waals surface area contributed by atoms with E-state index in [1.165, 1.54) is 24.8 Å². The number of rotatable bonds is 4. The molecule has 21 heavy (non-hydrogen) atoms. The molecule has 4 heteroatoms. The van der Waals surface area contributed by atoms with Gasteiger partial charge in [0.2, 0.25) is 5.91 Å². The van der Waals surface area contributed by atoms with Crippen molar-refractivity contribution in [2.45, 2.75) is 58.0 Å². The van der Waals surface area contributed by atoms with Gasteiger partial charge in [-0.05, 0) is 31.2 Å². The van der Waals surface area contributed by atoms with E-state index in [2.05, 4.69) is 12.2 Å². The van der Waals surface area contributed by atoms with Gasteiger partial charge in [-0.3, -0.25) is 4.79 Å². The maximum Gasteiger partial charge on any atom is 0.241 e. The first-order valence-corrected chi connectivity index (χ1v) is 7.72. The fourth-order valence-corrected chi connectivity index (χ4v) is 3.01. The summed E-state index contributed by atoms with van der Waals surface area (Å²) in [6, 6.07) is 7.62. The predicted octanol–water partition coefficient (Wildman–Crippen LogP) is 3.50. The summed E-state index contributed by atoms with van der Waals surface area (Å²) < 4.78 is 0. The number of hydrogen-bond donors (Lipinski definition) is 2. The first kappa shape index (κ1) is 18.0. The van der Waals surface area contributed by atoms with Crippen molar-refractivity contribution in [2.75, 3.05) is 0 Å². The van der Waals surface area contributed by atoms with Gasteiger partial charge in [0, 0.05) is 6.04 Å². The van der Waals surface area contributed by atoms with Gasteiger partial charge in [-0.2, -0.15) is 0 Å². The van der Waals surface area contributed by atoms with E-state index in [1.54, 1.807) is 0 Å². The Bertz CT molecular complexity index is 447. The average Bonchev–Trinajstić information content (AvgIpc) is 2.47. The molecule has 0 heterocycles. The van der Waals surface area contributed by atoms with Crippen LogP contribution in [-0.2, 0) is 4.79 Å². The molecule has 3 N–H and O–H groups in total. The summed E-state index contributed by atoms with van der Waals surface area (Å²) >= 11 is 0. The maximum absolute atomic E-state index is 12.3. The van der Waals surface area contributed by atoms with E-state index in [4.69, 9.17) is 5.73 Å². The minimum Gasteiger partial charge on any atom is -0.352 e. The number of carbonyl (C=O) groups is 1. The van der Waals surface area contributed by atoms with E-state index in [-0.39, 0.29) is 18.3 Å². The lowest BCUT2D eigenvalue weighted by molar-refractivity contribution is -0.123. The zero-order valence-electron chi connectivity index (χ0n) is 13.0. The van der Waals surface area contributed by atoms with Gasteiger partial charge in [-0.1, -0.05) is 56.0 Å². The summed E-state index contributed by atoms with van der Waals surface area (Å²) in [7, 11) is 0. The van der Waals surface area contributed by atoms with Crippen LogP contribution < -0.4 is 11.1 Å². The van der Waals surface area contributed by atoms with Gasteiger partial charge in [0.15, 0.2) is 0 Å². The summed E-state index contributed by atoms with van der Waals surface area (Å²) in [6.07, 6.45) is 5.90. The number of nitrogens with two attached hydrogens (primary N) is 1. The molecule has 3 atom stereocenters. The maximum atomic E-state index is 12.3. The molecule has 1 aromatic carbocycles. The number of halogens is 1. The van der Waals surface area contributed by atoms with Gasteiger partial charge in [0.1, 0.15) is 6.04 Å². The second-order valence-electron chi connectivity index (χ2n) is 6.03. The van der Waals surface area contributed by atoms with Crippen molar-refractivity contribution in [3.8, 4) is 0 Å². The van der Waals surface area contributed by atoms with Crippen molar-refractivity contribution >= 4 is 18.3 Å². The van der Waals surface area contributed by atoms with Crippen LogP contribution in [0.5, 0.6) is 0 Å². The van der Waals surface area contributed by atoms with Crippen LogP contribution in [-0.4, -0.2) is 11.9 Å². The van der Waals surface area contributed by atoms with Crippen LogP contribution in [0.25, 0.3) is 0 Å². The highest BCUT2D eigenvalue weighted by molar-refractivity contribution is 5.85. The second kappa shape index (κ2) is 8.40. The lowest BCUT2D eigenvalue weighted by Gasteiger charge is -2.30. The van der Waals surface area contributed by atoms with Crippen LogP contribution in [0.15, 0.2) is 24.3 Å². The zero-order chi connectivity index (χ0) is 14.5. The van der Waals surface area contributed by atoms with Gasteiger partial charge >= 0.3 is 0 Å². The van der Waals surface area contributed by atoms with E-state index in [0.29, 0.717) is 6.04 Å². The highest BCUT2D eigenvalue weighted by Gasteiger charge is 2.24. The Balaban J connectivity index is 0.00000220. The summed E-state index contributed by atoms with van der Waals surface area (Å²) in [6.45, 7) is 4.26. The molecular weight excluding hydrogens is 284 g/mol. The molecule has 1 fully saturated rings. The van der Waals surface area contributed by atoms with Crippen molar-refractivity contribution in [3.05, 3.63) is 35.4 Å². The summed E-state index contributed by atoms with van der Waals surface area (Å²) in [5, 5.41) is 3.13. The Kier molecular flexibility index (Phi) is 7.20. The normalized spacial score (nSPS) is 23.0. The Hall–Kier alpha value is -1.06. The van der Waals surface area contributed by atoms with Crippen LogP contribution in [0, 0.1) is 12.8 Å². The van der Waals surface area contributed by atoms with Crippen LogP contribution in [0.1, 0.15) is 56.2 Å². The van der Waals surface area contributed by atoms with Gasteiger partial charge < -0.3 is 11.1 Å². The molecule has 118 valence electrons. The second-order valence-corrected chi connectivity index (χ2v) is 6.03. The van der Waals surface area contributed by atoms with Crippen LogP contribution in [0.4, 0.5) is 0 Å². The summed E-state index contributed by atoms with van der Waals surface area (Å²) in [5.41, 5.74) is 8.13. The van der Waals surface area contributed by atoms with E-state index >= 15 is 0 Å². The lowest BCUT2D eigenvalue weighted by Crippen LogP contribution is -2.43. The smallest absolute Gasteiger partial charge is 0.241 e. The number of aryl methyl sites for hydroxylation is 1. The molecule has 0 saturated heterocycles. The third-order valence-electron chi connectivity index (χ3n) is 4.43. The van der Waals surface area contributed by atoms with Crippen molar-refractivity contribution in [3.63, 3.8) is 0 Å². The lowest BCUT2D eigenvalue weighted by atomic mass is 9.84. The van der Waals surface area contributed by atoms with E-state index in [9.17, 15) is 4.79 Å². The minimum absolute atomic E-state index is 0. The minimum atomic E-state index is -0.558. The standard InChI is InChI=1S/C17H26N2O.ClH/c1-3-13-5-4-6-15(11-13)19-17(20)16(18)14-9-7-12(2)8-10-14;/h7-10,13,15-16H,3-6,11,18H2,1-2H3,(H,19,20);1H. The van der Waals surface area contributed by atoms with Crippen LogP contribution >= 0.6 is 12.4 Å². The Morgan fingerprint density at radius 1 is 1.33 bits per heavy atom. The highest BCUT2D eigenvalue weighted by Crippen LogP contribution is 2.26. The molecule has 0 aromatic heterocycles. The van der Waals surface area contributed by atoms with Gasteiger partial charge in [0.25, 0.3) is 0 Å². The Morgan fingerprint density at radius 3 is 2.62 bits per heavy atom. The molecule has 0 aliphatic heterocycles. The molecule has 0 spiro atoms. The number of hydrogen-bond acceptors (Lipinski definition) is 2. The molecular formula is C17H27ClN2O. The molecule has 1 aliphatic rings. The average molecular weight is 311 g/mol. The third kappa shape index (κ3) is 5.01. The fourth-order valence-electron chi connectivity index (χ4n) is 3.01. The molecule has 2 rings (SSSR count). The molecule has 3 unspecified atom stereocenters. The van der Waals surface area contributed by atoms with E-state index in [0.717, 1.165) is 24.3 Å². The topological polar surface area (TPSA) is 55.1 Å². The zero-order valence-corrected chi connectivity index (χ0v) is 13.8. The first-order valence-electron chi connectivity index (χ1n) is 7.72. The largest absolute Gasteiger partial charge is 0.352 e. The van der Waals surface area contributed by atoms with Crippen LogP contribution in [0.3, 0.4) is 0 Å². The molecule has 0 radical (unpaired) electrons. The van der Waals surface area contributed by atoms with Crippen molar-refractivity contribution in [1.29, 1.82) is 0 Å². The molecule has 0 bridgehead atoms. The SMILES string of the molecule is CCC1CCCC(NC(=O)C(N)c2ccc(C)cc2)C1.Cl. The molecule has 1 saturated carbocycles. The summed E-state index contributed by atoms with van der Waals surface area (Å²) in [4.78, 5) is 12.3. The highest BCUT2D eigenvalue weighted by atomic mass is 35.5. The van der Waals surface area contributed by atoms with Crippen molar-refractivity contribution < 1.29 is 4.79 Å². The van der Waals surface area contributed by atoms with E-state index < -0.39 is 6.04 Å². The molecule has 3 nitrogen and oxygen atoms in total. The Morgan fingerprint density at radius 2 is 2.00 bits per heavy atom.